The standard InChI is InChI=1S/C25H31F2N3O3/c1-25(2,3)33-24(32)29-14-12-20(13-15-29)28-23(31)30(16-11-18-7-5-4-6-8-18)22-10-9-19(26)17-21(22)27/h4-10,17,20H,11-16H2,1-3H3,(H,28,31). The van der Waals surface area contributed by atoms with Gasteiger partial charge in [-0.05, 0) is 57.7 Å². The molecule has 0 aromatic heterocycles. The fraction of sp³-hybridized carbons (Fsp3) is 0.440. The smallest absolute Gasteiger partial charge is 0.410 e. The third kappa shape index (κ3) is 7.17. The molecule has 178 valence electrons. The molecule has 3 rings (SSSR count). The van der Waals surface area contributed by atoms with Crippen molar-refractivity contribution in [2.75, 3.05) is 24.5 Å². The molecule has 0 radical (unpaired) electrons. The van der Waals surface area contributed by atoms with E-state index >= 15 is 0 Å². The number of urea groups is 1. The summed E-state index contributed by atoms with van der Waals surface area (Å²) < 4.78 is 33.4. The van der Waals surface area contributed by atoms with Crippen molar-refractivity contribution in [2.24, 2.45) is 0 Å². The van der Waals surface area contributed by atoms with E-state index in [1.54, 1.807) is 4.90 Å². The summed E-state index contributed by atoms with van der Waals surface area (Å²) in [4.78, 5) is 28.3. The lowest BCUT2D eigenvalue weighted by Crippen LogP contribution is -2.51. The molecule has 8 heteroatoms. The van der Waals surface area contributed by atoms with Crippen LogP contribution in [0, 0.1) is 11.6 Å². The van der Waals surface area contributed by atoms with Crippen LogP contribution in [-0.2, 0) is 11.2 Å². The van der Waals surface area contributed by atoms with Gasteiger partial charge in [-0.3, -0.25) is 4.90 Å². The van der Waals surface area contributed by atoms with Crippen molar-refractivity contribution in [3.8, 4) is 0 Å². The summed E-state index contributed by atoms with van der Waals surface area (Å²) in [5.74, 6) is -1.49. The third-order valence-electron chi connectivity index (χ3n) is 5.39. The minimum atomic E-state index is -0.794. The zero-order chi connectivity index (χ0) is 24.0. The quantitative estimate of drug-likeness (QED) is 0.675. The lowest BCUT2D eigenvalue weighted by molar-refractivity contribution is 0.0201. The van der Waals surface area contributed by atoms with E-state index in [4.69, 9.17) is 4.74 Å². The SMILES string of the molecule is CC(C)(C)OC(=O)N1CCC(NC(=O)N(CCc2ccccc2)c2ccc(F)cc2F)CC1. The number of halogens is 2. The molecular formula is C25H31F2N3O3. The van der Waals surface area contributed by atoms with Crippen molar-refractivity contribution in [3.05, 3.63) is 65.7 Å². The lowest BCUT2D eigenvalue weighted by atomic mass is 10.1. The summed E-state index contributed by atoms with van der Waals surface area (Å²) in [6.45, 7) is 6.59. The molecule has 2 aromatic carbocycles. The number of benzene rings is 2. The number of hydrogen-bond acceptors (Lipinski definition) is 3. The molecule has 1 heterocycles. The van der Waals surface area contributed by atoms with Crippen LogP contribution in [0.3, 0.4) is 0 Å². The summed E-state index contributed by atoms with van der Waals surface area (Å²) in [6.07, 6.45) is 1.26. The monoisotopic (exact) mass is 459 g/mol. The van der Waals surface area contributed by atoms with Gasteiger partial charge in [-0.25, -0.2) is 18.4 Å². The number of anilines is 1. The van der Waals surface area contributed by atoms with Crippen LogP contribution in [0.4, 0.5) is 24.1 Å². The van der Waals surface area contributed by atoms with Crippen LogP contribution in [0.15, 0.2) is 48.5 Å². The van der Waals surface area contributed by atoms with E-state index in [1.165, 1.54) is 11.0 Å². The predicted octanol–water partition coefficient (Wildman–Crippen LogP) is 5.12. The van der Waals surface area contributed by atoms with E-state index in [9.17, 15) is 18.4 Å². The van der Waals surface area contributed by atoms with E-state index in [-0.39, 0.29) is 24.4 Å². The van der Waals surface area contributed by atoms with E-state index in [0.717, 1.165) is 17.7 Å². The Morgan fingerprint density at radius 1 is 1.09 bits per heavy atom. The summed E-state index contributed by atoms with van der Waals surface area (Å²) in [5.41, 5.74) is 0.459. The number of rotatable bonds is 5. The number of carbonyl (C=O) groups excluding carboxylic acids is 2. The normalized spacial score (nSPS) is 14.6. The average Bonchev–Trinajstić information content (AvgIpc) is 2.75. The largest absolute Gasteiger partial charge is 0.444 e. The maximum Gasteiger partial charge on any atom is 0.410 e. The number of nitrogens with zero attached hydrogens (tertiary/aromatic N) is 2. The van der Waals surface area contributed by atoms with Crippen LogP contribution in [0.1, 0.15) is 39.2 Å². The van der Waals surface area contributed by atoms with Crippen molar-refractivity contribution in [3.63, 3.8) is 0 Å². The van der Waals surface area contributed by atoms with Crippen molar-refractivity contribution in [1.29, 1.82) is 0 Å². The zero-order valence-electron chi connectivity index (χ0n) is 19.3. The summed E-state index contributed by atoms with van der Waals surface area (Å²) >= 11 is 0. The molecular weight excluding hydrogens is 428 g/mol. The van der Waals surface area contributed by atoms with Gasteiger partial charge in [-0.15, -0.1) is 0 Å². The second-order valence-electron chi connectivity index (χ2n) is 9.17. The van der Waals surface area contributed by atoms with Gasteiger partial charge in [0.2, 0.25) is 0 Å². The van der Waals surface area contributed by atoms with E-state index < -0.39 is 23.3 Å². The van der Waals surface area contributed by atoms with E-state index in [0.29, 0.717) is 32.4 Å². The maximum absolute atomic E-state index is 14.5. The summed E-state index contributed by atoms with van der Waals surface area (Å²) in [5, 5.41) is 2.95. The number of piperidine rings is 1. The highest BCUT2D eigenvalue weighted by molar-refractivity contribution is 5.92. The van der Waals surface area contributed by atoms with Crippen LogP contribution in [0.5, 0.6) is 0 Å². The molecule has 1 fully saturated rings. The van der Waals surface area contributed by atoms with Crippen LogP contribution in [-0.4, -0.2) is 48.3 Å². The Hall–Kier alpha value is -3.16. The minimum Gasteiger partial charge on any atom is -0.444 e. The van der Waals surface area contributed by atoms with Crippen molar-refractivity contribution >= 4 is 17.8 Å². The highest BCUT2D eigenvalue weighted by Crippen LogP contribution is 2.22. The van der Waals surface area contributed by atoms with Crippen LogP contribution in [0.25, 0.3) is 0 Å². The summed E-state index contributed by atoms with van der Waals surface area (Å²) in [6, 6.07) is 12.1. The Morgan fingerprint density at radius 3 is 2.36 bits per heavy atom. The van der Waals surface area contributed by atoms with Gasteiger partial charge in [-0.2, -0.15) is 0 Å². The maximum atomic E-state index is 14.5. The molecule has 2 aromatic rings. The van der Waals surface area contributed by atoms with Gasteiger partial charge in [0.1, 0.15) is 17.2 Å². The minimum absolute atomic E-state index is 0.0241. The van der Waals surface area contributed by atoms with Gasteiger partial charge >= 0.3 is 12.1 Å². The molecule has 1 saturated heterocycles. The van der Waals surface area contributed by atoms with Crippen LogP contribution in [0.2, 0.25) is 0 Å². The molecule has 1 aliphatic heterocycles. The Bertz CT molecular complexity index is 955. The molecule has 1 N–H and O–H groups in total. The molecule has 3 amide bonds. The van der Waals surface area contributed by atoms with E-state index in [1.807, 2.05) is 51.1 Å². The third-order valence-corrected chi connectivity index (χ3v) is 5.39. The van der Waals surface area contributed by atoms with Crippen LogP contribution >= 0.6 is 0 Å². The molecule has 0 aliphatic carbocycles. The predicted molar refractivity (Wildman–Crippen MR) is 123 cm³/mol. The highest BCUT2D eigenvalue weighted by atomic mass is 19.1. The molecule has 0 spiro atoms. The second kappa shape index (κ2) is 10.6. The van der Waals surface area contributed by atoms with Crippen molar-refractivity contribution in [1.82, 2.24) is 10.2 Å². The van der Waals surface area contributed by atoms with Gasteiger partial charge in [0.05, 0.1) is 5.69 Å². The van der Waals surface area contributed by atoms with Gasteiger partial charge in [0.25, 0.3) is 0 Å². The first-order valence-corrected chi connectivity index (χ1v) is 11.2. The molecule has 0 bridgehead atoms. The number of nitrogens with one attached hydrogen (secondary N) is 1. The first-order valence-electron chi connectivity index (χ1n) is 11.2. The average molecular weight is 460 g/mol. The number of carbonyl (C=O) groups is 2. The Morgan fingerprint density at radius 2 is 1.76 bits per heavy atom. The molecule has 0 atom stereocenters. The molecule has 0 saturated carbocycles. The Kier molecular flexibility index (Phi) is 7.89. The first-order chi connectivity index (χ1) is 15.6. The number of amides is 3. The first kappa shape index (κ1) is 24.5. The Balaban J connectivity index is 1.64. The van der Waals surface area contributed by atoms with Gasteiger partial charge in [0, 0.05) is 31.7 Å². The summed E-state index contributed by atoms with van der Waals surface area (Å²) in [7, 11) is 0. The number of likely N-dealkylation sites (tertiary alicyclic amines) is 1. The molecule has 33 heavy (non-hydrogen) atoms. The second-order valence-corrected chi connectivity index (χ2v) is 9.17. The lowest BCUT2D eigenvalue weighted by Gasteiger charge is -2.34. The highest BCUT2D eigenvalue weighted by Gasteiger charge is 2.29. The molecule has 6 nitrogen and oxygen atoms in total. The number of ether oxygens (including phenoxy) is 1. The Labute approximate surface area is 193 Å². The van der Waals surface area contributed by atoms with Gasteiger partial charge in [-0.1, -0.05) is 30.3 Å². The fourth-order valence-electron chi connectivity index (χ4n) is 3.70. The van der Waals surface area contributed by atoms with Gasteiger partial charge in [0.15, 0.2) is 0 Å². The van der Waals surface area contributed by atoms with E-state index in [2.05, 4.69) is 5.32 Å². The molecule has 1 aliphatic rings. The zero-order valence-corrected chi connectivity index (χ0v) is 19.3. The van der Waals surface area contributed by atoms with Gasteiger partial charge < -0.3 is 15.0 Å². The van der Waals surface area contributed by atoms with Crippen molar-refractivity contribution in [2.45, 2.75) is 51.7 Å². The van der Waals surface area contributed by atoms with Crippen LogP contribution < -0.4 is 10.2 Å². The number of hydrogen-bond donors (Lipinski definition) is 1. The topological polar surface area (TPSA) is 61.9 Å². The fourth-order valence-corrected chi connectivity index (χ4v) is 3.70. The molecule has 0 unspecified atom stereocenters. The van der Waals surface area contributed by atoms with Crippen molar-refractivity contribution < 1.29 is 23.1 Å².